The predicted molar refractivity (Wildman–Crippen MR) is 61.9 cm³/mol. The highest BCUT2D eigenvalue weighted by Gasteiger charge is 2.38. The first-order valence-corrected chi connectivity index (χ1v) is 6.08. The molecule has 2 atom stereocenters. The van der Waals surface area contributed by atoms with Crippen LogP contribution >= 0.6 is 0 Å². The molecular formula is C12H21N3. The Morgan fingerprint density at radius 2 is 2.40 bits per heavy atom. The van der Waals surface area contributed by atoms with Crippen molar-refractivity contribution in [2.45, 2.75) is 39.2 Å². The number of nitrogens with zero attached hydrogens (tertiary/aromatic N) is 2. The number of aromatic nitrogens is 2. The van der Waals surface area contributed by atoms with Gasteiger partial charge in [-0.25, -0.2) is 0 Å². The summed E-state index contributed by atoms with van der Waals surface area (Å²) in [5.41, 5.74) is 1.43. The van der Waals surface area contributed by atoms with Crippen molar-refractivity contribution in [1.29, 1.82) is 0 Å². The quantitative estimate of drug-likeness (QED) is 0.723. The molecular weight excluding hydrogens is 186 g/mol. The molecule has 2 unspecified atom stereocenters. The molecule has 1 aliphatic rings. The van der Waals surface area contributed by atoms with Gasteiger partial charge in [0, 0.05) is 12.7 Å². The fourth-order valence-electron chi connectivity index (χ4n) is 2.09. The molecule has 1 saturated carbocycles. The van der Waals surface area contributed by atoms with Crippen molar-refractivity contribution in [2.75, 3.05) is 13.1 Å². The van der Waals surface area contributed by atoms with Gasteiger partial charge in [-0.1, -0.05) is 6.92 Å². The summed E-state index contributed by atoms with van der Waals surface area (Å²) in [5, 5.41) is 7.81. The number of hydrogen-bond donors (Lipinski definition) is 1. The van der Waals surface area contributed by atoms with E-state index in [1.54, 1.807) is 0 Å². The minimum absolute atomic E-state index is 0.773. The van der Waals surface area contributed by atoms with Gasteiger partial charge in [-0.05, 0) is 50.3 Å². The maximum Gasteiger partial charge on any atom is 0.0524 e. The second-order valence-corrected chi connectivity index (χ2v) is 4.44. The molecule has 1 fully saturated rings. The zero-order valence-electron chi connectivity index (χ0n) is 9.74. The third-order valence-electron chi connectivity index (χ3n) is 3.16. The van der Waals surface area contributed by atoms with E-state index in [9.17, 15) is 0 Å². The summed E-state index contributed by atoms with van der Waals surface area (Å²) in [4.78, 5) is 0. The second kappa shape index (κ2) is 4.79. The molecule has 2 rings (SSSR count). The van der Waals surface area contributed by atoms with Crippen LogP contribution in [0, 0.1) is 5.92 Å². The SMILES string of the molecule is CCCNCC1CC1c1cnn(CC)c1. The van der Waals surface area contributed by atoms with Crippen molar-refractivity contribution in [1.82, 2.24) is 15.1 Å². The molecule has 0 saturated heterocycles. The molecule has 1 N–H and O–H groups in total. The number of aryl methyl sites for hydroxylation is 1. The number of hydrogen-bond acceptors (Lipinski definition) is 2. The molecule has 15 heavy (non-hydrogen) atoms. The summed E-state index contributed by atoms with van der Waals surface area (Å²) in [6, 6.07) is 0. The molecule has 0 radical (unpaired) electrons. The lowest BCUT2D eigenvalue weighted by Crippen LogP contribution is -2.17. The number of rotatable bonds is 6. The van der Waals surface area contributed by atoms with Gasteiger partial charge in [-0.15, -0.1) is 0 Å². The van der Waals surface area contributed by atoms with Crippen molar-refractivity contribution < 1.29 is 0 Å². The topological polar surface area (TPSA) is 29.9 Å². The molecule has 1 aromatic rings. The maximum atomic E-state index is 4.32. The third-order valence-corrected chi connectivity index (χ3v) is 3.16. The third kappa shape index (κ3) is 2.59. The molecule has 0 bridgehead atoms. The normalized spacial score (nSPS) is 24.4. The van der Waals surface area contributed by atoms with E-state index in [2.05, 4.69) is 30.5 Å². The van der Waals surface area contributed by atoms with Crippen LogP contribution in [0.4, 0.5) is 0 Å². The van der Waals surface area contributed by atoms with E-state index in [1.807, 2.05) is 10.9 Å². The Bertz CT molecular complexity index is 306. The summed E-state index contributed by atoms with van der Waals surface area (Å²) in [7, 11) is 0. The standard InChI is InChI=1S/C12H21N3/c1-3-5-13-7-10-6-12(10)11-8-14-15(4-2)9-11/h8-10,12-13H,3-7H2,1-2H3. The molecule has 0 spiro atoms. The van der Waals surface area contributed by atoms with Gasteiger partial charge in [0.05, 0.1) is 6.20 Å². The first-order valence-electron chi connectivity index (χ1n) is 6.08. The van der Waals surface area contributed by atoms with E-state index >= 15 is 0 Å². The van der Waals surface area contributed by atoms with Crippen LogP contribution in [0.25, 0.3) is 0 Å². The second-order valence-electron chi connectivity index (χ2n) is 4.44. The van der Waals surface area contributed by atoms with E-state index < -0.39 is 0 Å². The zero-order valence-corrected chi connectivity index (χ0v) is 9.74. The summed E-state index contributed by atoms with van der Waals surface area (Å²) in [6.45, 7) is 7.64. The molecule has 3 heteroatoms. The van der Waals surface area contributed by atoms with E-state index in [0.29, 0.717) is 0 Å². The molecule has 84 valence electrons. The Morgan fingerprint density at radius 1 is 1.53 bits per heavy atom. The van der Waals surface area contributed by atoms with E-state index in [0.717, 1.165) is 24.9 Å². The van der Waals surface area contributed by atoms with E-state index in [1.165, 1.54) is 24.9 Å². The Balaban J connectivity index is 1.77. The van der Waals surface area contributed by atoms with Crippen LogP contribution < -0.4 is 5.32 Å². The lowest BCUT2D eigenvalue weighted by Gasteiger charge is -2.00. The minimum atomic E-state index is 0.773. The van der Waals surface area contributed by atoms with Gasteiger partial charge in [0.1, 0.15) is 0 Å². The monoisotopic (exact) mass is 207 g/mol. The van der Waals surface area contributed by atoms with Crippen LogP contribution in [0.1, 0.15) is 38.2 Å². The van der Waals surface area contributed by atoms with Gasteiger partial charge < -0.3 is 5.32 Å². The molecule has 3 nitrogen and oxygen atoms in total. The Labute approximate surface area is 91.9 Å². The first kappa shape index (κ1) is 10.7. The van der Waals surface area contributed by atoms with Gasteiger partial charge in [0.15, 0.2) is 0 Å². The van der Waals surface area contributed by atoms with Crippen molar-refractivity contribution in [3.05, 3.63) is 18.0 Å². The highest BCUT2D eigenvalue weighted by molar-refractivity contribution is 5.20. The lowest BCUT2D eigenvalue weighted by molar-refractivity contribution is 0.619. The molecule has 0 aromatic carbocycles. The van der Waals surface area contributed by atoms with Gasteiger partial charge in [0.25, 0.3) is 0 Å². The summed E-state index contributed by atoms with van der Waals surface area (Å²) < 4.78 is 2.02. The highest BCUT2D eigenvalue weighted by Crippen LogP contribution is 2.46. The fraction of sp³-hybridized carbons (Fsp3) is 0.750. The van der Waals surface area contributed by atoms with Crippen molar-refractivity contribution in [3.8, 4) is 0 Å². The minimum Gasteiger partial charge on any atom is -0.316 e. The van der Waals surface area contributed by atoms with E-state index in [-0.39, 0.29) is 0 Å². The summed E-state index contributed by atoms with van der Waals surface area (Å²) in [5.74, 6) is 1.63. The van der Waals surface area contributed by atoms with Gasteiger partial charge in [-0.2, -0.15) is 5.10 Å². The number of nitrogens with one attached hydrogen (secondary N) is 1. The molecule has 1 heterocycles. The van der Waals surface area contributed by atoms with Gasteiger partial charge in [-0.3, -0.25) is 4.68 Å². The average molecular weight is 207 g/mol. The molecule has 0 amide bonds. The van der Waals surface area contributed by atoms with Crippen molar-refractivity contribution >= 4 is 0 Å². The van der Waals surface area contributed by atoms with Crippen LogP contribution in [0.15, 0.2) is 12.4 Å². The average Bonchev–Trinajstić information content (AvgIpc) is 2.87. The largest absolute Gasteiger partial charge is 0.316 e. The molecule has 1 aromatic heterocycles. The highest BCUT2D eigenvalue weighted by atomic mass is 15.3. The van der Waals surface area contributed by atoms with E-state index in [4.69, 9.17) is 0 Å². The van der Waals surface area contributed by atoms with Crippen LogP contribution in [-0.4, -0.2) is 22.9 Å². The van der Waals surface area contributed by atoms with Gasteiger partial charge in [0.2, 0.25) is 0 Å². The molecule has 1 aliphatic carbocycles. The zero-order chi connectivity index (χ0) is 10.7. The summed E-state index contributed by atoms with van der Waals surface area (Å²) >= 11 is 0. The van der Waals surface area contributed by atoms with Crippen molar-refractivity contribution in [3.63, 3.8) is 0 Å². The lowest BCUT2D eigenvalue weighted by atomic mass is 10.2. The predicted octanol–water partition coefficient (Wildman–Crippen LogP) is 2.01. The van der Waals surface area contributed by atoms with Gasteiger partial charge >= 0.3 is 0 Å². The Morgan fingerprint density at radius 3 is 3.07 bits per heavy atom. The maximum absolute atomic E-state index is 4.32. The van der Waals surface area contributed by atoms with Crippen LogP contribution in [-0.2, 0) is 6.54 Å². The smallest absolute Gasteiger partial charge is 0.0524 e. The Hall–Kier alpha value is -0.830. The van der Waals surface area contributed by atoms with Crippen LogP contribution in [0.3, 0.4) is 0 Å². The van der Waals surface area contributed by atoms with Crippen LogP contribution in [0.5, 0.6) is 0 Å². The van der Waals surface area contributed by atoms with Crippen LogP contribution in [0.2, 0.25) is 0 Å². The summed E-state index contributed by atoms with van der Waals surface area (Å²) in [6.07, 6.45) is 6.80. The fourth-order valence-corrected chi connectivity index (χ4v) is 2.09. The molecule has 0 aliphatic heterocycles. The Kier molecular flexibility index (Phi) is 3.41. The first-order chi connectivity index (χ1) is 7.35. The van der Waals surface area contributed by atoms with Crippen molar-refractivity contribution in [2.24, 2.45) is 5.92 Å².